The van der Waals surface area contributed by atoms with Crippen molar-refractivity contribution in [3.05, 3.63) is 53.6 Å². The molecule has 0 saturated carbocycles. The summed E-state index contributed by atoms with van der Waals surface area (Å²) < 4.78 is 5.06. The molecule has 0 bridgehead atoms. The van der Waals surface area contributed by atoms with Gasteiger partial charge < -0.3 is 15.8 Å². The Morgan fingerprint density at radius 1 is 1.21 bits per heavy atom. The molecular weight excluding hydrogens is 240 g/mol. The van der Waals surface area contributed by atoms with E-state index in [-0.39, 0.29) is 5.91 Å². The van der Waals surface area contributed by atoms with E-state index in [0.717, 1.165) is 11.3 Å². The van der Waals surface area contributed by atoms with Crippen LogP contribution in [-0.4, -0.2) is 13.0 Å². The first-order chi connectivity index (χ1) is 9.10. The smallest absolute Gasteiger partial charge is 0.255 e. The Bertz CT molecular complexity index is 609. The number of aryl methyl sites for hydroxylation is 1. The van der Waals surface area contributed by atoms with Crippen LogP contribution in [0.5, 0.6) is 5.75 Å². The number of benzene rings is 2. The first-order valence-electron chi connectivity index (χ1n) is 5.91. The third-order valence-electron chi connectivity index (χ3n) is 2.77. The molecule has 2 aromatic rings. The fourth-order valence-corrected chi connectivity index (χ4v) is 1.80. The number of methoxy groups -OCH3 is 1. The van der Waals surface area contributed by atoms with E-state index in [1.54, 1.807) is 18.2 Å². The van der Waals surface area contributed by atoms with Crippen LogP contribution in [0.1, 0.15) is 15.9 Å². The largest absolute Gasteiger partial charge is 0.495 e. The van der Waals surface area contributed by atoms with Crippen molar-refractivity contribution in [2.45, 2.75) is 6.92 Å². The zero-order chi connectivity index (χ0) is 13.8. The van der Waals surface area contributed by atoms with Gasteiger partial charge in [-0.25, -0.2) is 0 Å². The predicted molar refractivity (Wildman–Crippen MR) is 76.5 cm³/mol. The third-order valence-corrected chi connectivity index (χ3v) is 2.77. The van der Waals surface area contributed by atoms with Gasteiger partial charge in [-0.05, 0) is 42.8 Å². The number of amides is 1. The molecule has 0 aliphatic heterocycles. The number of nitrogen functional groups attached to an aromatic ring is 1. The van der Waals surface area contributed by atoms with Crippen molar-refractivity contribution in [3.63, 3.8) is 0 Å². The average molecular weight is 256 g/mol. The number of carbonyl (C=O) groups is 1. The second-order valence-corrected chi connectivity index (χ2v) is 4.28. The summed E-state index contributed by atoms with van der Waals surface area (Å²) in [6, 6.07) is 12.6. The zero-order valence-electron chi connectivity index (χ0n) is 10.9. The second kappa shape index (κ2) is 5.44. The van der Waals surface area contributed by atoms with E-state index in [9.17, 15) is 4.79 Å². The fraction of sp³-hybridized carbons (Fsp3) is 0.133. The monoisotopic (exact) mass is 256 g/mol. The minimum Gasteiger partial charge on any atom is -0.495 e. The minimum absolute atomic E-state index is 0.194. The van der Waals surface area contributed by atoms with Gasteiger partial charge in [0.15, 0.2) is 0 Å². The topological polar surface area (TPSA) is 64.3 Å². The molecule has 2 rings (SSSR count). The Morgan fingerprint density at radius 2 is 2.00 bits per heavy atom. The summed E-state index contributed by atoms with van der Waals surface area (Å²) in [5.74, 6) is 0.368. The molecule has 19 heavy (non-hydrogen) atoms. The molecular formula is C15H16N2O2. The zero-order valence-corrected chi connectivity index (χ0v) is 10.9. The number of carbonyl (C=O) groups excluding carboxylic acids is 1. The number of anilines is 2. The molecule has 2 aromatic carbocycles. The van der Waals surface area contributed by atoms with Crippen molar-refractivity contribution in [3.8, 4) is 5.75 Å². The summed E-state index contributed by atoms with van der Waals surface area (Å²) in [7, 11) is 1.54. The maximum Gasteiger partial charge on any atom is 0.255 e. The van der Waals surface area contributed by atoms with Crippen molar-refractivity contribution in [1.82, 2.24) is 0 Å². The molecule has 0 aliphatic rings. The highest BCUT2D eigenvalue weighted by Gasteiger charge is 2.08. The van der Waals surface area contributed by atoms with Crippen LogP contribution in [0, 0.1) is 6.92 Å². The van der Waals surface area contributed by atoms with Crippen molar-refractivity contribution in [2.75, 3.05) is 18.2 Å². The molecule has 0 heterocycles. The number of nitrogens with one attached hydrogen (secondary N) is 1. The van der Waals surface area contributed by atoms with Gasteiger partial charge in [-0.15, -0.1) is 0 Å². The Kier molecular flexibility index (Phi) is 3.71. The minimum atomic E-state index is -0.194. The van der Waals surface area contributed by atoms with Crippen LogP contribution in [0.2, 0.25) is 0 Å². The van der Waals surface area contributed by atoms with Crippen LogP contribution < -0.4 is 15.8 Å². The summed E-state index contributed by atoms with van der Waals surface area (Å²) in [5, 5.41) is 2.83. The van der Waals surface area contributed by atoms with Gasteiger partial charge in [0.05, 0.1) is 12.8 Å². The molecule has 0 unspecified atom stereocenters. The van der Waals surface area contributed by atoms with E-state index in [0.29, 0.717) is 17.0 Å². The lowest BCUT2D eigenvalue weighted by Crippen LogP contribution is -2.12. The highest BCUT2D eigenvalue weighted by atomic mass is 16.5. The average Bonchev–Trinajstić information content (AvgIpc) is 2.38. The maximum atomic E-state index is 12.1. The molecule has 0 atom stereocenters. The Balaban J connectivity index is 2.18. The molecule has 0 spiro atoms. The molecule has 4 nitrogen and oxygen atoms in total. The van der Waals surface area contributed by atoms with E-state index >= 15 is 0 Å². The van der Waals surface area contributed by atoms with Crippen LogP contribution >= 0.6 is 0 Å². The number of ether oxygens (including phenoxy) is 1. The Hall–Kier alpha value is -2.49. The molecule has 3 N–H and O–H groups in total. The van der Waals surface area contributed by atoms with Crippen LogP contribution in [0.15, 0.2) is 42.5 Å². The molecule has 0 saturated heterocycles. The maximum absolute atomic E-state index is 12.1. The SMILES string of the molecule is COc1ccc(C(=O)Nc2cccc(C)c2)cc1N. The van der Waals surface area contributed by atoms with E-state index < -0.39 is 0 Å². The third kappa shape index (κ3) is 3.04. The Labute approximate surface area is 112 Å². The van der Waals surface area contributed by atoms with E-state index in [4.69, 9.17) is 10.5 Å². The van der Waals surface area contributed by atoms with E-state index in [1.807, 2.05) is 31.2 Å². The molecule has 0 aliphatic carbocycles. The normalized spacial score (nSPS) is 10.0. The van der Waals surface area contributed by atoms with Gasteiger partial charge >= 0.3 is 0 Å². The van der Waals surface area contributed by atoms with Gasteiger partial charge in [0.25, 0.3) is 5.91 Å². The molecule has 0 radical (unpaired) electrons. The molecule has 4 heteroatoms. The van der Waals surface area contributed by atoms with Crippen LogP contribution in [0.4, 0.5) is 11.4 Å². The van der Waals surface area contributed by atoms with E-state index in [2.05, 4.69) is 5.32 Å². The first kappa shape index (κ1) is 13.0. The lowest BCUT2D eigenvalue weighted by atomic mass is 10.1. The quantitative estimate of drug-likeness (QED) is 0.830. The first-order valence-corrected chi connectivity index (χ1v) is 5.91. The Morgan fingerprint density at radius 3 is 2.63 bits per heavy atom. The van der Waals surface area contributed by atoms with Crippen molar-refractivity contribution < 1.29 is 9.53 Å². The number of hydrogen-bond acceptors (Lipinski definition) is 3. The highest BCUT2D eigenvalue weighted by Crippen LogP contribution is 2.22. The summed E-state index contributed by atoms with van der Waals surface area (Å²) >= 11 is 0. The molecule has 98 valence electrons. The van der Waals surface area contributed by atoms with Gasteiger partial charge in [-0.2, -0.15) is 0 Å². The highest BCUT2D eigenvalue weighted by molar-refractivity contribution is 6.05. The van der Waals surface area contributed by atoms with E-state index in [1.165, 1.54) is 7.11 Å². The van der Waals surface area contributed by atoms with Crippen LogP contribution in [-0.2, 0) is 0 Å². The van der Waals surface area contributed by atoms with Crippen molar-refractivity contribution in [2.24, 2.45) is 0 Å². The predicted octanol–water partition coefficient (Wildman–Crippen LogP) is 2.84. The standard InChI is InChI=1S/C15H16N2O2/c1-10-4-3-5-12(8-10)17-15(18)11-6-7-14(19-2)13(16)9-11/h3-9H,16H2,1-2H3,(H,17,18). The van der Waals surface area contributed by atoms with Crippen molar-refractivity contribution >= 4 is 17.3 Å². The number of nitrogens with two attached hydrogens (primary N) is 1. The van der Waals surface area contributed by atoms with Gasteiger partial charge in [0.1, 0.15) is 5.75 Å². The van der Waals surface area contributed by atoms with Crippen LogP contribution in [0.3, 0.4) is 0 Å². The summed E-state index contributed by atoms with van der Waals surface area (Å²) in [4.78, 5) is 12.1. The molecule has 0 aromatic heterocycles. The number of hydrogen-bond donors (Lipinski definition) is 2. The van der Waals surface area contributed by atoms with Gasteiger partial charge in [-0.3, -0.25) is 4.79 Å². The summed E-state index contributed by atoms with van der Waals surface area (Å²) in [6.07, 6.45) is 0. The van der Waals surface area contributed by atoms with Gasteiger partial charge in [0, 0.05) is 11.3 Å². The number of rotatable bonds is 3. The summed E-state index contributed by atoms with van der Waals surface area (Å²) in [5.41, 5.74) is 8.58. The van der Waals surface area contributed by atoms with Crippen LogP contribution in [0.25, 0.3) is 0 Å². The van der Waals surface area contributed by atoms with Gasteiger partial charge in [0.2, 0.25) is 0 Å². The van der Waals surface area contributed by atoms with Crippen molar-refractivity contribution in [1.29, 1.82) is 0 Å². The molecule has 0 fully saturated rings. The lowest BCUT2D eigenvalue weighted by Gasteiger charge is -2.08. The lowest BCUT2D eigenvalue weighted by molar-refractivity contribution is 0.102. The van der Waals surface area contributed by atoms with Gasteiger partial charge in [-0.1, -0.05) is 12.1 Å². The molecule has 1 amide bonds. The fourth-order valence-electron chi connectivity index (χ4n) is 1.80. The second-order valence-electron chi connectivity index (χ2n) is 4.28. The summed E-state index contributed by atoms with van der Waals surface area (Å²) in [6.45, 7) is 1.97.